The van der Waals surface area contributed by atoms with E-state index in [0.29, 0.717) is 0 Å². The maximum absolute atomic E-state index is 6.22. The van der Waals surface area contributed by atoms with E-state index in [9.17, 15) is 0 Å². The van der Waals surface area contributed by atoms with Gasteiger partial charge in [0.15, 0.2) is 0 Å². The van der Waals surface area contributed by atoms with E-state index < -0.39 is 0 Å². The highest BCUT2D eigenvalue weighted by Gasteiger charge is 2.27. The quantitative estimate of drug-likeness (QED) is 0.937. The highest BCUT2D eigenvalue weighted by molar-refractivity contribution is 5.79. The molecule has 3 nitrogen and oxygen atoms in total. The zero-order chi connectivity index (χ0) is 15.7. The summed E-state index contributed by atoms with van der Waals surface area (Å²) >= 11 is 0. The summed E-state index contributed by atoms with van der Waals surface area (Å²) in [5.74, 6) is 1.91. The van der Waals surface area contributed by atoms with E-state index in [1.165, 1.54) is 22.3 Å². The topological polar surface area (TPSA) is 30.5 Å². The molecule has 1 heterocycles. The fraction of sp³-hybridized carbons (Fsp3) is 0.368. The summed E-state index contributed by atoms with van der Waals surface area (Å²) in [6.07, 6.45) is 1.11. The third-order valence-electron chi connectivity index (χ3n) is 4.29. The molecule has 2 aromatic carbocycles. The van der Waals surface area contributed by atoms with Crippen molar-refractivity contribution >= 4 is 0 Å². The molecule has 0 aromatic heterocycles. The molecule has 0 amide bonds. The van der Waals surface area contributed by atoms with Crippen LogP contribution in [0.2, 0.25) is 0 Å². The number of hydrogen-bond donors (Lipinski definition) is 1. The standard InChI is InChI=1S/C19H23NO2/c1-12-6-5-7-13(2)18(12)17-10-15(21-4)8-14-9-16(11-20-3)22-19(14)17/h5-8,10,16,20H,9,11H2,1-4H3. The molecule has 0 saturated heterocycles. The molecule has 22 heavy (non-hydrogen) atoms. The zero-order valence-corrected chi connectivity index (χ0v) is 13.7. The van der Waals surface area contributed by atoms with Gasteiger partial charge in [-0.25, -0.2) is 0 Å². The van der Waals surface area contributed by atoms with Crippen LogP contribution in [0.15, 0.2) is 30.3 Å². The van der Waals surface area contributed by atoms with Gasteiger partial charge in [-0.1, -0.05) is 18.2 Å². The number of nitrogens with one attached hydrogen (secondary N) is 1. The monoisotopic (exact) mass is 297 g/mol. The molecule has 1 unspecified atom stereocenters. The number of benzene rings is 2. The number of methoxy groups -OCH3 is 1. The summed E-state index contributed by atoms with van der Waals surface area (Å²) < 4.78 is 11.7. The highest BCUT2D eigenvalue weighted by atomic mass is 16.5. The van der Waals surface area contributed by atoms with Crippen LogP contribution in [-0.2, 0) is 6.42 Å². The Labute approximate surface area is 132 Å². The Kier molecular flexibility index (Phi) is 4.08. The van der Waals surface area contributed by atoms with Gasteiger partial charge in [0.05, 0.1) is 7.11 Å². The second-order valence-corrected chi connectivity index (χ2v) is 5.93. The van der Waals surface area contributed by atoms with Crippen molar-refractivity contribution in [1.29, 1.82) is 0 Å². The van der Waals surface area contributed by atoms with Crippen molar-refractivity contribution in [1.82, 2.24) is 5.32 Å². The molecular formula is C19H23NO2. The molecule has 3 heteroatoms. The van der Waals surface area contributed by atoms with Crippen molar-refractivity contribution in [3.63, 3.8) is 0 Å². The van der Waals surface area contributed by atoms with E-state index in [1.807, 2.05) is 7.05 Å². The highest BCUT2D eigenvalue weighted by Crippen LogP contribution is 2.43. The van der Waals surface area contributed by atoms with E-state index in [4.69, 9.17) is 9.47 Å². The summed E-state index contributed by atoms with van der Waals surface area (Å²) in [6, 6.07) is 10.6. The Morgan fingerprint density at radius 2 is 1.95 bits per heavy atom. The van der Waals surface area contributed by atoms with E-state index in [-0.39, 0.29) is 6.10 Å². The van der Waals surface area contributed by atoms with Gasteiger partial charge in [-0.15, -0.1) is 0 Å². The van der Waals surface area contributed by atoms with Crippen LogP contribution in [0.1, 0.15) is 16.7 Å². The van der Waals surface area contributed by atoms with Crippen LogP contribution in [-0.4, -0.2) is 26.8 Å². The Morgan fingerprint density at radius 1 is 1.23 bits per heavy atom. The van der Waals surface area contributed by atoms with Crippen LogP contribution < -0.4 is 14.8 Å². The fourth-order valence-electron chi connectivity index (χ4n) is 3.29. The second-order valence-electron chi connectivity index (χ2n) is 5.93. The van der Waals surface area contributed by atoms with Gasteiger partial charge < -0.3 is 14.8 Å². The SMILES string of the molecule is CNCC1Cc2cc(OC)cc(-c3c(C)cccc3C)c2O1. The van der Waals surface area contributed by atoms with Gasteiger partial charge in [0.25, 0.3) is 0 Å². The molecule has 0 bridgehead atoms. The molecule has 2 aromatic rings. The molecule has 3 rings (SSSR count). The van der Waals surface area contributed by atoms with Gasteiger partial charge in [-0.2, -0.15) is 0 Å². The maximum Gasteiger partial charge on any atom is 0.131 e. The normalized spacial score (nSPS) is 16.3. The van der Waals surface area contributed by atoms with Crippen LogP contribution in [0.4, 0.5) is 0 Å². The Morgan fingerprint density at radius 3 is 2.59 bits per heavy atom. The number of rotatable bonds is 4. The van der Waals surface area contributed by atoms with Gasteiger partial charge in [0.2, 0.25) is 0 Å². The first-order valence-electron chi connectivity index (χ1n) is 7.72. The Balaban J connectivity index is 2.15. The van der Waals surface area contributed by atoms with Crippen molar-refractivity contribution in [2.75, 3.05) is 20.7 Å². The van der Waals surface area contributed by atoms with Gasteiger partial charge in [-0.05, 0) is 49.7 Å². The lowest BCUT2D eigenvalue weighted by molar-refractivity contribution is 0.232. The molecule has 116 valence electrons. The fourth-order valence-corrected chi connectivity index (χ4v) is 3.29. The van der Waals surface area contributed by atoms with E-state index in [2.05, 4.69) is 49.5 Å². The Bertz CT molecular complexity index is 674. The first-order valence-corrected chi connectivity index (χ1v) is 7.72. The lowest BCUT2D eigenvalue weighted by atomic mass is 9.93. The van der Waals surface area contributed by atoms with Crippen LogP contribution >= 0.6 is 0 Å². The van der Waals surface area contributed by atoms with Crippen LogP contribution in [0.25, 0.3) is 11.1 Å². The molecule has 1 aliphatic heterocycles. The van der Waals surface area contributed by atoms with Gasteiger partial charge in [0.1, 0.15) is 17.6 Å². The van der Waals surface area contributed by atoms with Crippen LogP contribution in [0, 0.1) is 13.8 Å². The van der Waals surface area contributed by atoms with Crippen LogP contribution in [0.5, 0.6) is 11.5 Å². The van der Waals surface area contributed by atoms with Gasteiger partial charge in [-0.3, -0.25) is 0 Å². The smallest absolute Gasteiger partial charge is 0.131 e. The van der Waals surface area contributed by atoms with Crippen molar-refractivity contribution < 1.29 is 9.47 Å². The summed E-state index contributed by atoms with van der Waals surface area (Å²) in [5.41, 5.74) is 6.15. The number of hydrogen-bond acceptors (Lipinski definition) is 3. The number of ether oxygens (including phenoxy) is 2. The van der Waals surface area contributed by atoms with Crippen molar-refractivity contribution in [2.45, 2.75) is 26.4 Å². The van der Waals surface area contributed by atoms with Gasteiger partial charge in [0, 0.05) is 24.1 Å². The lowest BCUT2D eigenvalue weighted by Crippen LogP contribution is -2.27. The van der Waals surface area contributed by atoms with Crippen molar-refractivity contribution in [3.8, 4) is 22.6 Å². The predicted octanol–water partition coefficient (Wildman–Crippen LogP) is 3.50. The zero-order valence-electron chi connectivity index (χ0n) is 13.7. The van der Waals surface area contributed by atoms with Crippen molar-refractivity contribution in [2.24, 2.45) is 0 Å². The minimum absolute atomic E-state index is 0.190. The molecule has 0 saturated carbocycles. The lowest BCUT2D eigenvalue weighted by Gasteiger charge is -2.16. The first-order chi connectivity index (χ1) is 10.6. The molecule has 0 fully saturated rings. The summed E-state index contributed by atoms with van der Waals surface area (Å²) in [6.45, 7) is 5.14. The summed E-state index contributed by atoms with van der Waals surface area (Å²) in [4.78, 5) is 0. The molecule has 1 atom stereocenters. The number of aryl methyl sites for hydroxylation is 2. The summed E-state index contributed by atoms with van der Waals surface area (Å²) in [7, 11) is 3.68. The van der Waals surface area contributed by atoms with E-state index in [0.717, 1.165) is 30.0 Å². The van der Waals surface area contributed by atoms with E-state index in [1.54, 1.807) is 7.11 Å². The average Bonchev–Trinajstić information content (AvgIpc) is 2.89. The maximum atomic E-state index is 6.22. The molecule has 0 spiro atoms. The Hall–Kier alpha value is -2.00. The molecule has 0 aliphatic carbocycles. The third-order valence-corrected chi connectivity index (χ3v) is 4.29. The van der Waals surface area contributed by atoms with Crippen LogP contribution in [0.3, 0.4) is 0 Å². The average molecular weight is 297 g/mol. The number of likely N-dealkylation sites (N-methyl/N-ethyl adjacent to an activating group) is 1. The minimum atomic E-state index is 0.190. The number of fused-ring (bicyclic) bond motifs is 1. The first kappa shape index (κ1) is 14.9. The molecule has 1 aliphatic rings. The van der Waals surface area contributed by atoms with Gasteiger partial charge >= 0.3 is 0 Å². The summed E-state index contributed by atoms with van der Waals surface area (Å²) in [5, 5.41) is 3.20. The third kappa shape index (κ3) is 2.57. The minimum Gasteiger partial charge on any atom is -0.497 e. The predicted molar refractivity (Wildman–Crippen MR) is 90.0 cm³/mol. The molecule has 0 radical (unpaired) electrons. The molecule has 1 N–H and O–H groups in total. The van der Waals surface area contributed by atoms with Crippen molar-refractivity contribution in [3.05, 3.63) is 47.0 Å². The second kappa shape index (κ2) is 6.01. The molecular weight excluding hydrogens is 274 g/mol. The largest absolute Gasteiger partial charge is 0.497 e. The van der Waals surface area contributed by atoms with E-state index >= 15 is 0 Å².